The van der Waals surface area contributed by atoms with E-state index in [0.717, 1.165) is 32.9 Å². The summed E-state index contributed by atoms with van der Waals surface area (Å²) in [6.45, 7) is 6.44. The van der Waals surface area contributed by atoms with Crippen LogP contribution in [0.1, 0.15) is 42.6 Å². The monoisotopic (exact) mass is 466 g/mol. The molecule has 156 valence electrons. The first-order valence-corrected chi connectivity index (χ1v) is 11.0. The zero-order chi connectivity index (χ0) is 21.7. The van der Waals surface area contributed by atoms with Gasteiger partial charge in [0.15, 0.2) is 0 Å². The molecule has 0 radical (unpaired) electrons. The average molecular weight is 467 g/mol. The normalized spacial score (nSPS) is 11.9. The molecule has 0 saturated carbocycles. The highest BCUT2D eigenvalue weighted by Crippen LogP contribution is 2.30. The van der Waals surface area contributed by atoms with Gasteiger partial charge in [0.25, 0.3) is 5.91 Å². The second-order valence-corrected chi connectivity index (χ2v) is 8.41. The maximum atomic E-state index is 13.0. The molecule has 0 aliphatic heterocycles. The van der Waals surface area contributed by atoms with Gasteiger partial charge >= 0.3 is 0 Å². The van der Waals surface area contributed by atoms with Crippen molar-refractivity contribution in [1.82, 2.24) is 4.90 Å². The third-order valence-corrected chi connectivity index (χ3v) is 6.10. The Morgan fingerprint density at radius 2 is 1.67 bits per heavy atom. The van der Waals surface area contributed by atoms with Gasteiger partial charge < -0.3 is 10.2 Å². The van der Waals surface area contributed by atoms with Gasteiger partial charge in [0.05, 0.1) is 0 Å². The van der Waals surface area contributed by atoms with E-state index in [1.807, 2.05) is 81.4 Å². The zero-order valence-corrected chi connectivity index (χ0v) is 19.2. The maximum absolute atomic E-state index is 13.0. The summed E-state index contributed by atoms with van der Waals surface area (Å²) in [5, 5.41) is 5.04. The molecule has 3 rings (SSSR count). The molecular formula is C25H27BrN2O2. The number of fused-ring (bicyclic) bond motifs is 1. The first-order chi connectivity index (χ1) is 14.4. The maximum Gasteiger partial charge on any atom is 0.254 e. The number of anilines is 1. The van der Waals surface area contributed by atoms with E-state index in [-0.39, 0.29) is 24.3 Å². The number of aryl methyl sites for hydroxylation is 1. The lowest BCUT2D eigenvalue weighted by Gasteiger charge is -2.28. The molecule has 5 heteroatoms. The Balaban J connectivity index is 1.71. The number of carbonyl (C=O) groups is 2. The van der Waals surface area contributed by atoms with Gasteiger partial charge in [0, 0.05) is 40.1 Å². The number of hydrogen-bond donors (Lipinski definition) is 1. The van der Waals surface area contributed by atoms with Crippen molar-refractivity contribution < 1.29 is 9.59 Å². The lowest BCUT2D eigenvalue weighted by atomic mass is 10.1. The number of nitrogens with one attached hydrogen (secondary N) is 1. The standard InChI is InChI=1S/C25H27BrN2O2/c1-4-18(3)28(25(30)19-11-9-17(2)10-12-19)16-15-24(29)27-23-14-13-22(26)20-7-5-6-8-21(20)23/h5-14,18H,4,15-16H2,1-3H3,(H,27,29). The molecule has 0 saturated heterocycles. The van der Waals surface area contributed by atoms with E-state index < -0.39 is 0 Å². The quantitative estimate of drug-likeness (QED) is 0.451. The number of hydrogen-bond acceptors (Lipinski definition) is 2. The predicted octanol–water partition coefficient (Wildman–Crippen LogP) is 6.18. The van der Waals surface area contributed by atoms with Crippen molar-refractivity contribution in [3.63, 3.8) is 0 Å². The van der Waals surface area contributed by atoms with Crippen molar-refractivity contribution in [2.45, 2.75) is 39.7 Å². The highest BCUT2D eigenvalue weighted by molar-refractivity contribution is 9.10. The minimum absolute atomic E-state index is 0.0359. The van der Waals surface area contributed by atoms with Crippen molar-refractivity contribution in [1.29, 1.82) is 0 Å². The highest BCUT2D eigenvalue weighted by Gasteiger charge is 2.21. The fraction of sp³-hybridized carbons (Fsp3) is 0.280. The number of benzene rings is 3. The Labute approximate surface area is 186 Å². The van der Waals surface area contributed by atoms with Gasteiger partial charge in [-0.2, -0.15) is 0 Å². The Morgan fingerprint density at radius 3 is 2.33 bits per heavy atom. The van der Waals surface area contributed by atoms with Gasteiger partial charge in [0.1, 0.15) is 0 Å². The minimum atomic E-state index is -0.104. The van der Waals surface area contributed by atoms with Crippen LogP contribution in [0.2, 0.25) is 0 Å². The van der Waals surface area contributed by atoms with Gasteiger partial charge in [-0.25, -0.2) is 0 Å². The number of halogens is 1. The first-order valence-electron chi connectivity index (χ1n) is 10.3. The molecule has 0 aromatic heterocycles. The largest absolute Gasteiger partial charge is 0.335 e. The summed E-state index contributed by atoms with van der Waals surface area (Å²) < 4.78 is 0.989. The summed E-state index contributed by atoms with van der Waals surface area (Å²) in [6, 6.07) is 19.4. The molecule has 0 bridgehead atoms. The summed E-state index contributed by atoms with van der Waals surface area (Å²) in [6.07, 6.45) is 1.07. The summed E-state index contributed by atoms with van der Waals surface area (Å²) in [5.41, 5.74) is 2.54. The van der Waals surface area contributed by atoms with E-state index in [1.54, 1.807) is 4.90 Å². The highest BCUT2D eigenvalue weighted by atomic mass is 79.9. The molecule has 0 fully saturated rings. The molecular weight excluding hydrogens is 440 g/mol. The summed E-state index contributed by atoms with van der Waals surface area (Å²) >= 11 is 3.56. The molecule has 1 N–H and O–H groups in total. The summed E-state index contributed by atoms with van der Waals surface area (Å²) in [4.78, 5) is 27.5. The minimum Gasteiger partial charge on any atom is -0.335 e. The van der Waals surface area contributed by atoms with Crippen molar-refractivity contribution in [3.05, 3.63) is 76.3 Å². The van der Waals surface area contributed by atoms with Crippen molar-refractivity contribution in [2.75, 3.05) is 11.9 Å². The molecule has 2 amide bonds. The molecule has 0 heterocycles. The fourth-order valence-electron chi connectivity index (χ4n) is 3.41. The number of nitrogens with zero attached hydrogens (tertiary/aromatic N) is 1. The molecule has 3 aromatic carbocycles. The van der Waals surface area contributed by atoms with Gasteiger partial charge in [-0.1, -0.05) is 64.8 Å². The second-order valence-electron chi connectivity index (χ2n) is 7.56. The van der Waals surface area contributed by atoms with Crippen LogP contribution in [-0.4, -0.2) is 29.3 Å². The van der Waals surface area contributed by atoms with Crippen molar-refractivity contribution >= 4 is 44.2 Å². The van der Waals surface area contributed by atoms with Crippen LogP contribution in [0.5, 0.6) is 0 Å². The summed E-state index contributed by atoms with van der Waals surface area (Å²) in [5.74, 6) is -0.140. The van der Waals surface area contributed by atoms with E-state index in [1.165, 1.54) is 0 Å². The number of carbonyl (C=O) groups excluding carboxylic acids is 2. The van der Waals surface area contributed by atoms with Crippen molar-refractivity contribution in [2.24, 2.45) is 0 Å². The molecule has 0 aliphatic carbocycles. The van der Waals surface area contributed by atoms with E-state index in [2.05, 4.69) is 21.2 Å². The molecule has 3 aromatic rings. The number of rotatable bonds is 7. The smallest absolute Gasteiger partial charge is 0.254 e. The third kappa shape index (κ3) is 5.08. The lowest BCUT2D eigenvalue weighted by molar-refractivity contribution is -0.116. The molecule has 0 aliphatic rings. The van der Waals surface area contributed by atoms with Crippen LogP contribution in [0.3, 0.4) is 0 Å². The third-order valence-electron chi connectivity index (χ3n) is 5.41. The summed E-state index contributed by atoms with van der Waals surface area (Å²) in [7, 11) is 0. The van der Waals surface area contributed by atoms with Crippen molar-refractivity contribution in [3.8, 4) is 0 Å². The van der Waals surface area contributed by atoms with Crippen LogP contribution >= 0.6 is 15.9 Å². The van der Waals surface area contributed by atoms with Gasteiger partial charge in [-0.05, 0) is 49.9 Å². The van der Waals surface area contributed by atoms with Crippen LogP contribution in [0.25, 0.3) is 10.8 Å². The second kappa shape index (κ2) is 9.90. The lowest BCUT2D eigenvalue weighted by Crippen LogP contribution is -2.40. The molecule has 4 nitrogen and oxygen atoms in total. The van der Waals surface area contributed by atoms with Crippen LogP contribution < -0.4 is 5.32 Å². The molecule has 30 heavy (non-hydrogen) atoms. The van der Waals surface area contributed by atoms with Crippen LogP contribution in [0.15, 0.2) is 65.1 Å². The SMILES string of the molecule is CCC(C)N(CCC(=O)Nc1ccc(Br)c2ccccc12)C(=O)c1ccc(C)cc1. The number of amides is 2. The first kappa shape index (κ1) is 22.0. The average Bonchev–Trinajstić information content (AvgIpc) is 2.76. The zero-order valence-electron chi connectivity index (χ0n) is 17.6. The van der Waals surface area contributed by atoms with Gasteiger partial charge in [0.2, 0.25) is 5.91 Å². The van der Waals surface area contributed by atoms with Crippen LogP contribution in [0.4, 0.5) is 5.69 Å². The predicted molar refractivity (Wildman–Crippen MR) is 127 cm³/mol. The van der Waals surface area contributed by atoms with E-state index in [0.29, 0.717) is 12.1 Å². The van der Waals surface area contributed by atoms with Crippen LogP contribution in [-0.2, 0) is 4.79 Å². The molecule has 0 spiro atoms. The Kier molecular flexibility index (Phi) is 7.27. The van der Waals surface area contributed by atoms with Gasteiger partial charge in [-0.3, -0.25) is 9.59 Å². The van der Waals surface area contributed by atoms with E-state index in [9.17, 15) is 9.59 Å². The Hall–Kier alpha value is -2.66. The molecule has 1 atom stereocenters. The van der Waals surface area contributed by atoms with E-state index >= 15 is 0 Å². The fourth-order valence-corrected chi connectivity index (χ4v) is 3.89. The Bertz CT molecular complexity index is 1050. The topological polar surface area (TPSA) is 49.4 Å². The molecule has 1 unspecified atom stereocenters. The van der Waals surface area contributed by atoms with E-state index in [4.69, 9.17) is 0 Å². The Morgan fingerprint density at radius 1 is 1.00 bits per heavy atom. The van der Waals surface area contributed by atoms with Gasteiger partial charge in [-0.15, -0.1) is 0 Å². The van der Waals surface area contributed by atoms with Crippen LogP contribution in [0, 0.1) is 6.92 Å².